The van der Waals surface area contributed by atoms with Crippen LogP contribution in [0.2, 0.25) is 5.02 Å². The molecule has 0 amide bonds. The normalized spacial score (nSPS) is 11.0. The molecule has 3 aromatic rings. The first kappa shape index (κ1) is 14.2. The van der Waals surface area contributed by atoms with Gasteiger partial charge < -0.3 is 4.74 Å². The van der Waals surface area contributed by atoms with E-state index < -0.39 is 0 Å². The topological polar surface area (TPSA) is 39.9 Å². The molecule has 0 fully saturated rings. The Kier molecular flexibility index (Phi) is 3.74. The maximum Gasteiger partial charge on any atom is 0.215 e. The van der Waals surface area contributed by atoms with Gasteiger partial charge in [-0.1, -0.05) is 23.7 Å². The van der Waals surface area contributed by atoms with Crippen molar-refractivity contribution >= 4 is 34.4 Å². The number of alkyl halides is 1. The maximum atomic E-state index is 6.37. The summed E-state index contributed by atoms with van der Waals surface area (Å²) in [5.74, 6) is 1.49. The van der Waals surface area contributed by atoms with Crippen LogP contribution < -0.4 is 4.74 Å². The smallest absolute Gasteiger partial charge is 0.215 e. The number of para-hydroxylation sites is 1. The molecule has 0 aliphatic carbocycles. The van der Waals surface area contributed by atoms with Crippen molar-refractivity contribution in [2.24, 2.45) is 0 Å². The lowest BCUT2D eigenvalue weighted by Gasteiger charge is -2.12. The number of halogens is 2. The van der Waals surface area contributed by atoms with Crippen LogP contribution in [0.15, 0.2) is 30.3 Å². The highest BCUT2D eigenvalue weighted by molar-refractivity contribution is 6.32. The molecule has 108 valence electrons. The van der Waals surface area contributed by atoms with Crippen LogP contribution in [0.25, 0.3) is 16.9 Å². The fourth-order valence-electron chi connectivity index (χ4n) is 2.33. The zero-order valence-corrected chi connectivity index (χ0v) is 13.1. The van der Waals surface area contributed by atoms with Crippen LogP contribution in [-0.2, 0) is 5.88 Å². The number of fused-ring (bicyclic) bond motifs is 1. The van der Waals surface area contributed by atoms with Gasteiger partial charge in [-0.15, -0.1) is 11.6 Å². The second-order valence-corrected chi connectivity index (χ2v) is 5.27. The molecular weight excluding hydrogens is 309 g/mol. The van der Waals surface area contributed by atoms with Crippen LogP contribution in [0.4, 0.5) is 0 Å². The summed E-state index contributed by atoms with van der Waals surface area (Å²) in [7, 11) is 1.58. The molecule has 0 radical (unpaired) electrons. The van der Waals surface area contributed by atoms with Crippen molar-refractivity contribution in [3.05, 3.63) is 46.7 Å². The number of hydrogen-bond donors (Lipinski definition) is 0. The molecule has 4 nitrogen and oxygen atoms in total. The molecule has 0 saturated heterocycles. The first-order chi connectivity index (χ1) is 10.2. The van der Waals surface area contributed by atoms with Gasteiger partial charge in [0.15, 0.2) is 5.65 Å². The Bertz CT molecular complexity index is 794. The van der Waals surface area contributed by atoms with Crippen molar-refractivity contribution in [2.75, 3.05) is 7.11 Å². The molecule has 1 aromatic carbocycles. The zero-order valence-electron chi connectivity index (χ0n) is 11.6. The predicted octanol–water partition coefficient (Wildman–Crippen LogP) is 4.13. The van der Waals surface area contributed by atoms with Crippen LogP contribution in [0.3, 0.4) is 0 Å². The minimum atomic E-state index is 0.267. The maximum absolute atomic E-state index is 6.37. The second-order valence-electron chi connectivity index (χ2n) is 4.60. The van der Waals surface area contributed by atoms with E-state index in [0.717, 1.165) is 16.8 Å². The van der Waals surface area contributed by atoms with Crippen molar-refractivity contribution in [1.29, 1.82) is 0 Å². The summed E-state index contributed by atoms with van der Waals surface area (Å²) in [6, 6.07) is 9.38. The summed E-state index contributed by atoms with van der Waals surface area (Å²) >= 11 is 12.4. The lowest BCUT2D eigenvalue weighted by Crippen LogP contribution is -2.03. The van der Waals surface area contributed by atoms with Gasteiger partial charge in [-0.25, -0.2) is 4.98 Å². The molecule has 0 unspecified atom stereocenters. The number of nitrogens with zero attached hydrogens (tertiary/aromatic N) is 3. The Balaban J connectivity index is 2.39. The van der Waals surface area contributed by atoms with Gasteiger partial charge in [-0.05, 0) is 24.6 Å². The molecule has 6 heteroatoms. The summed E-state index contributed by atoms with van der Waals surface area (Å²) in [5.41, 5.74) is 3.31. The third kappa shape index (κ3) is 2.34. The predicted molar refractivity (Wildman–Crippen MR) is 84.7 cm³/mol. The highest BCUT2D eigenvalue weighted by Crippen LogP contribution is 2.30. The summed E-state index contributed by atoms with van der Waals surface area (Å²) < 4.78 is 7.09. The lowest BCUT2D eigenvalue weighted by molar-refractivity contribution is 0.399. The summed E-state index contributed by atoms with van der Waals surface area (Å²) in [6.45, 7) is 1.99. The molecular formula is C15H13Cl2N3O. The van der Waals surface area contributed by atoms with Gasteiger partial charge in [0, 0.05) is 6.07 Å². The molecule has 0 saturated carbocycles. The van der Waals surface area contributed by atoms with Crippen molar-refractivity contribution in [2.45, 2.75) is 12.8 Å². The van der Waals surface area contributed by atoms with Gasteiger partial charge in [0.1, 0.15) is 11.3 Å². The first-order valence-electron chi connectivity index (χ1n) is 6.39. The third-order valence-electron chi connectivity index (χ3n) is 3.29. The molecule has 0 N–H and O–H groups in total. The number of hydrogen-bond acceptors (Lipinski definition) is 3. The number of aromatic nitrogens is 3. The van der Waals surface area contributed by atoms with E-state index in [4.69, 9.17) is 27.9 Å². The lowest BCUT2D eigenvalue weighted by atomic mass is 10.2. The van der Waals surface area contributed by atoms with Crippen LogP contribution in [0.1, 0.15) is 11.4 Å². The average Bonchev–Trinajstić information content (AvgIpc) is 2.85. The molecule has 0 atom stereocenters. The molecule has 0 bridgehead atoms. The molecule has 0 aliphatic rings. The Morgan fingerprint density at radius 2 is 2.00 bits per heavy atom. The monoisotopic (exact) mass is 321 g/mol. The third-order valence-corrected chi connectivity index (χ3v) is 3.83. The number of benzene rings is 1. The number of ether oxygens (including phenoxy) is 1. The fraction of sp³-hybridized carbons (Fsp3) is 0.200. The van der Waals surface area contributed by atoms with Crippen LogP contribution in [0, 0.1) is 6.92 Å². The summed E-state index contributed by atoms with van der Waals surface area (Å²) in [4.78, 5) is 9.00. The Morgan fingerprint density at radius 1 is 1.19 bits per heavy atom. The van der Waals surface area contributed by atoms with Crippen LogP contribution in [0.5, 0.6) is 5.88 Å². The number of pyridine rings is 1. The van der Waals surface area contributed by atoms with Crippen molar-refractivity contribution < 1.29 is 4.74 Å². The van der Waals surface area contributed by atoms with Gasteiger partial charge in [0.25, 0.3) is 0 Å². The number of rotatable bonds is 3. The highest BCUT2D eigenvalue weighted by Gasteiger charge is 2.17. The quantitative estimate of drug-likeness (QED) is 0.681. The number of aryl methyl sites for hydroxylation is 1. The van der Waals surface area contributed by atoms with Crippen molar-refractivity contribution in [3.8, 4) is 11.6 Å². The van der Waals surface area contributed by atoms with E-state index in [2.05, 4.69) is 9.97 Å². The number of methoxy groups -OCH3 is 1. The fourth-order valence-corrected chi connectivity index (χ4v) is 2.82. The van der Waals surface area contributed by atoms with Crippen LogP contribution >= 0.6 is 23.2 Å². The standard InChI is InChI=1S/C15H13Cl2N3O/c1-9-4-3-5-10(17)14(9)20-12(8-16)18-11-6-7-13(21-2)19-15(11)20/h3-7H,8H2,1-2H3. The van der Waals surface area contributed by atoms with E-state index in [-0.39, 0.29) is 5.88 Å². The van der Waals surface area contributed by atoms with Gasteiger partial charge >= 0.3 is 0 Å². The van der Waals surface area contributed by atoms with Gasteiger partial charge in [0.05, 0.1) is 23.7 Å². The first-order valence-corrected chi connectivity index (χ1v) is 7.30. The van der Waals surface area contributed by atoms with Crippen LogP contribution in [-0.4, -0.2) is 21.6 Å². The van der Waals surface area contributed by atoms with E-state index >= 15 is 0 Å². The average molecular weight is 322 g/mol. The Hall–Kier alpha value is -1.78. The molecule has 0 spiro atoms. The molecule has 21 heavy (non-hydrogen) atoms. The molecule has 3 rings (SSSR count). The molecule has 2 heterocycles. The van der Waals surface area contributed by atoms with E-state index in [1.807, 2.05) is 35.8 Å². The highest BCUT2D eigenvalue weighted by atomic mass is 35.5. The van der Waals surface area contributed by atoms with E-state index in [1.54, 1.807) is 13.2 Å². The Labute approximate surface area is 132 Å². The van der Waals surface area contributed by atoms with Crippen molar-refractivity contribution in [3.63, 3.8) is 0 Å². The van der Waals surface area contributed by atoms with E-state index in [0.29, 0.717) is 22.4 Å². The minimum Gasteiger partial charge on any atom is -0.481 e. The van der Waals surface area contributed by atoms with Gasteiger partial charge in [-0.3, -0.25) is 4.57 Å². The SMILES string of the molecule is COc1ccc2nc(CCl)n(-c3c(C)cccc3Cl)c2n1. The molecule has 2 aromatic heterocycles. The minimum absolute atomic E-state index is 0.267. The van der Waals surface area contributed by atoms with Gasteiger partial charge in [-0.2, -0.15) is 4.98 Å². The van der Waals surface area contributed by atoms with Crippen molar-refractivity contribution in [1.82, 2.24) is 14.5 Å². The Morgan fingerprint density at radius 3 is 2.67 bits per heavy atom. The van der Waals surface area contributed by atoms with E-state index in [1.165, 1.54) is 0 Å². The summed E-state index contributed by atoms with van der Waals surface area (Å²) in [5, 5.41) is 0.630. The zero-order chi connectivity index (χ0) is 15.0. The largest absolute Gasteiger partial charge is 0.481 e. The summed E-state index contributed by atoms with van der Waals surface area (Å²) in [6.07, 6.45) is 0. The second kappa shape index (κ2) is 5.54. The van der Waals surface area contributed by atoms with Gasteiger partial charge in [0.2, 0.25) is 5.88 Å². The number of imidazole rings is 1. The molecule has 0 aliphatic heterocycles. The van der Waals surface area contributed by atoms with E-state index in [9.17, 15) is 0 Å².